The quantitative estimate of drug-likeness (QED) is 0.495. The first-order valence-electron chi connectivity index (χ1n) is 10.8. The molecule has 0 bridgehead atoms. The minimum atomic E-state index is -0.315. The van der Waals surface area contributed by atoms with Gasteiger partial charge in [-0.1, -0.05) is 41.7 Å². The highest BCUT2D eigenvalue weighted by molar-refractivity contribution is 7.22. The van der Waals surface area contributed by atoms with E-state index in [0.29, 0.717) is 5.56 Å². The Morgan fingerprint density at radius 3 is 2.69 bits per heavy atom. The first kappa shape index (κ1) is 20.6. The van der Waals surface area contributed by atoms with E-state index in [-0.39, 0.29) is 24.2 Å². The fraction of sp³-hybridized carbons (Fsp3) is 0.292. The molecule has 164 valence electrons. The number of para-hydroxylation sites is 1. The molecule has 8 heteroatoms. The largest absolute Gasteiger partial charge is 0.353 e. The van der Waals surface area contributed by atoms with Crippen molar-refractivity contribution in [1.29, 1.82) is 0 Å². The number of carbonyl (C=O) groups is 1. The highest BCUT2D eigenvalue weighted by Crippen LogP contribution is 2.33. The molecular formula is C24H24FN5OS. The molecule has 32 heavy (non-hydrogen) atoms. The van der Waals surface area contributed by atoms with Crippen molar-refractivity contribution in [2.75, 3.05) is 18.0 Å². The highest BCUT2D eigenvalue weighted by Gasteiger charge is 2.24. The van der Waals surface area contributed by atoms with Crippen molar-refractivity contribution in [2.45, 2.75) is 32.2 Å². The van der Waals surface area contributed by atoms with Crippen LogP contribution in [-0.2, 0) is 11.2 Å². The van der Waals surface area contributed by atoms with Crippen molar-refractivity contribution in [3.63, 3.8) is 0 Å². The summed E-state index contributed by atoms with van der Waals surface area (Å²) in [7, 11) is 0. The molecule has 3 heterocycles. The van der Waals surface area contributed by atoms with Gasteiger partial charge in [0.2, 0.25) is 5.91 Å². The first-order chi connectivity index (χ1) is 15.6. The topological polar surface area (TPSA) is 63.1 Å². The third-order valence-corrected chi connectivity index (χ3v) is 6.98. The summed E-state index contributed by atoms with van der Waals surface area (Å²) in [5.41, 5.74) is 3.56. The van der Waals surface area contributed by atoms with Gasteiger partial charge in [0.25, 0.3) is 0 Å². The molecule has 1 aliphatic heterocycles. The molecule has 1 saturated heterocycles. The number of benzene rings is 2. The number of halogens is 1. The predicted molar refractivity (Wildman–Crippen MR) is 125 cm³/mol. The van der Waals surface area contributed by atoms with E-state index < -0.39 is 0 Å². The summed E-state index contributed by atoms with van der Waals surface area (Å²) in [6.07, 6.45) is 1.91. The number of rotatable bonds is 5. The van der Waals surface area contributed by atoms with Gasteiger partial charge in [0.1, 0.15) is 5.82 Å². The number of fused-ring (bicyclic) bond motifs is 1. The number of piperidine rings is 1. The maximum atomic E-state index is 13.3. The molecule has 2 aromatic carbocycles. The molecule has 2 aromatic heterocycles. The Hall–Kier alpha value is -3.26. The SMILES string of the molecule is Cc1nn(-c2ccccc2)c2nc(N3CCC(NC(=O)Cc4cccc(F)c4)CC3)sc12. The van der Waals surface area contributed by atoms with Gasteiger partial charge in [-0.15, -0.1) is 0 Å². The highest BCUT2D eigenvalue weighted by atomic mass is 32.1. The molecule has 5 rings (SSSR count). The van der Waals surface area contributed by atoms with E-state index in [0.717, 1.165) is 52.8 Å². The van der Waals surface area contributed by atoms with Gasteiger partial charge in [0.15, 0.2) is 10.8 Å². The smallest absolute Gasteiger partial charge is 0.224 e. The van der Waals surface area contributed by atoms with Gasteiger partial charge in [-0.3, -0.25) is 4.79 Å². The van der Waals surface area contributed by atoms with E-state index in [1.54, 1.807) is 23.5 Å². The van der Waals surface area contributed by atoms with Crippen LogP contribution < -0.4 is 10.2 Å². The Kier molecular flexibility index (Phi) is 5.61. The number of thiazole rings is 1. The minimum Gasteiger partial charge on any atom is -0.353 e. The molecule has 0 atom stereocenters. The lowest BCUT2D eigenvalue weighted by atomic mass is 10.0. The van der Waals surface area contributed by atoms with E-state index in [9.17, 15) is 9.18 Å². The average Bonchev–Trinajstić information content (AvgIpc) is 3.35. The maximum absolute atomic E-state index is 13.3. The van der Waals surface area contributed by atoms with E-state index in [1.807, 2.05) is 41.9 Å². The van der Waals surface area contributed by atoms with Gasteiger partial charge in [0.05, 0.1) is 22.5 Å². The van der Waals surface area contributed by atoms with E-state index >= 15 is 0 Å². The van der Waals surface area contributed by atoms with Crippen molar-refractivity contribution in [1.82, 2.24) is 20.1 Å². The van der Waals surface area contributed by atoms with Crippen molar-refractivity contribution < 1.29 is 9.18 Å². The zero-order valence-corrected chi connectivity index (χ0v) is 18.6. The molecule has 4 aromatic rings. The number of aromatic nitrogens is 3. The fourth-order valence-corrected chi connectivity index (χ4v) is 5.17. The van der Waals surface area contributed by atoms with Crippen molar-refractivity contribution in [2.24, 2.45) is 0 Å². The minimum absolute atomic E-state index is 0.0624. The number of amides is 1. The number of hydrogen-bond donors (Lipinski definition) is 1. The Balaban J connectivity index is 1.23. The zero-order chi connectivity index (χ0) is 22.1. The molecule has 6 nitrogen and oxygen atoms in total. The molecule has 1 fully saturated rings. The number of nitrogens with one attached hydrogen (secondary N) is 1. The molecule has 0 saturated carbocycles. The lowest BCUT2D eigenvalue weighted by Gasteiger charge is -2.32. The molecule has 0 radical (unpaired) electrons. The summed E-state index contributed by atoms with van der Waals surface area (Å²) in [6.45, 7) is 3.68. The summed E-state index contributed by atoms with van der Waals surface area (Å²) in [5.74, 6) is -0.377. The van der Waals surface area contributed by atoms with Crippen LogP contribution in [0.15, 0.2) is 54.6 Å². The molecule has 1 amide bonds. The molecule has 1 N–H and O–H groups in total. The molecule has 0 aliphatic carbocycles. The van der Waals surface area contributed by atoms with Crippen molar-refractivity contribution >= 4 is 32.7 Å². The van der Waals surface area contributed by atoms with Crippen LogP contribution in [0.25, 0.3) is 16.0 Å². The lowest BCUT2D eigenvalue weighted by Crippen LogP contribution is -2.45. The van der Waals surface area contributed by atoms with Crippen molar-refractivity contribution in [3.8, 4) is 5.69 Å². The monoisotopic (exact) mass is 449 g/mol. The van der Waals surface area contributed by atoms with Crippen molar-refractivity contribution in [3.05, 3.63) is 71.7 Å². The zero-order valence-electron chi connectivity index (χ0n) is 17.8. The second-order valence-electron chi connectivity index (χ2n) is 8.12. The van der Waals surface area contributed by atoms with Gasteiger partial charge in [-0.05, 0) is 49.6 Å². The van der Waals surface area contributed by atoms with Gasteiger partial charge >= 0.3 is 0 Å². The normalized spacial score (nSPS) is 14.8. The number of hydrogen-bond acceptors (Lipinski definition) is 5. The van der Waals surface area contributed by atoms with Gasteiger partial charge in [0, 0.05) is 19.1 Å². The summed E-state index contributed by atoms with van der Waals surface area (Å²) in [4.78, 5) is 19.6. The average molecular weight is 450 g/mol. The number of anilines is 1. The Morgan fingerprint density at radius 2 is 1.94 bits per heavy atom. The third-order valence-electron chi connectivity index (χ3n) is 5.76. The molecule has 0 spiro atoms. The van der Waals surface area contributed by atoms with Gasteiger partial charge in [-0.25, -0.2) is 9.07 Å². The second kappa shape index (κ2) is 8.70. The van der Waals surface area contributed by atoms with Crippen LogP contribution in [-0.4, -0.2) is 39.8 Å². The predicted octanol–water partition coefficient (Wildman–Crippen LogP) is 4.26. The number of aryl methyl sites for hydroxylation is 1. The van der Waals surface area contributed by atoms with Crippen LogP contribution in [0.1, 0.15) is 24.1 Å². The maximum Gasteiger partial charge on any atom is 0.224 e. The number of nitrogens with zero attached hydrogens (tertiary/aromatic N) is 4. The Bertz CT molecular complexity index is 1240. The second-order valence-corrected chi connectivity index (χ2v) is 9.09. The van der Waals surface area contributed by atoms with Crippen LogP contribution >= 0.6 is 11.3 Å². The van der Waals surface area contributed by atoms with E-state index in [4.69, 9.17) is 4.98 Å². The summed E-state index contributed by atoms with van der Waals surface area (Å²) >= 11 is 1.67. The summed E-state index contributed by atoms with van der Waals surface area (Å²) in [5, 5.41) is 8.76. The van der Waals surface area contributed by atoms with Gasteiger partial charge in [-0.2, -0.15) is 10.1 Å². The fourth-order valence-electron chi connectivity index (χ4n) is 4.13. The van der Waals surface area contributed by atoms with Crippen LogP contribution in [0.4, 0.5) is 9.52 Å². The van der Waals surface area contributed by atoms with Crippen LogP contribution in [0, 0.1) is 12.7 Å². The third kappa shape index (κ3) is 4.23. The molecular weight excluding hydrogens is 425 g/mol. The Labute approximate surface area is 189 Å². The van der Waals surface area contributed by atoms with Crippen LogP contribution in [0.2, 0.25) is 0 Å². The van der Waals surface area contributed by atoms with E-state index in [1.165, 1.54) is 12.1 Å². The Morgan fingerprint density at radius 1 is 1.16 bits per heavy atom. The van der Waals surface area contributed by atoms with E-state index in [2.05, 4.69) is 15.3 Å². The summed E-state index contributed by atoms with van der Waals surface area (Å²) < 4.78 is 16.3. The summed E-state index contributed by atoms with van der Waals surface area (Å²) in [6, 6.07) is 16.4. The standard InChI is InChI=1S/C24H24FN5OS/c1-16-22-23(30(28-16)20-8-3-2-4-9-20)27-24(32-22)29-12-10-19(11-13-29)26-21(31)15-17-6-5-7-18(25)14-17/h2-9,14,19H,10-13,15H2,1H3,(H,26,31). The van der Waals surface area contributed by atoms with Crippen LogP contribution in [0.5, 0.6) is 0 Å². The number of carbonyl (C=O) groups excluding carboxylic acids is 1. The lowest BCUT2D eigenvalue weighted by molar-refractivity contribution is -0.121. The van der Waals surface area contributed by atoms with Gasteiger partial charge < -0.3 is 10.2 Å². The molecule has 0 unspecified atom stereocenters. The molecule has 1 aliphatic rings. The first-order valence-corrected chi connectivity index (χ1v) is 11.6. The van der Waals surface area contributed by atoms with Crippen LogP contribution in [0.3, 0.4) is 0 Å².